The molecule has 1 amide bonds. The minimum Gasteiger partial charge on any atom is -0.293 e. The molecular weight excluding hydrogens is 255 g/mol. The summed E-state index contributed by atoms with van der Waals surface area (Å²) in [6, 6.07) is 3.14. The highest BCUT2D eigenvalue weighted by Crippen LogP contribution is 2.20. The lowest BCUT2D eigenvalue weighted by atomic mass is 10.4. The second kappa shape index (κ2) is 5.48. The van der Waals surface area contributed by atoms with Crippen LogP contribution >= 0.6 is 11.3 Å². The smallest absolute Gasteiger partial charge is 0.293 e. The van der Waals surface area contributed by atoms with Crippen LogP contribution in [0, 0.1) is 0 Å². The van der Waals surface area contributed by atoms with Crippen molar-refractivity contribution in [1.82, 2.24) is 10.3 Å². The molecule has 0 bridgehead atoms. The van der Waals surface area contributed by atoms with Crippen LogP contribution in [0.15, 0.2) is 12.1 Å². The van der Waals surface area contributed by atoms with Crippen molar-refractivity contribution in [3.8, 4) is 0 Å². The maximum atomic E-state index is 12.1. The number of nitrogens with one attached hydrogen (secondary N) is 1. The van der Waals surface area contributed by atoms with Gasteiger partial charge in [0.15, 0.2) is 0 Å². The van der Waals surface area contributed by atoms with Crippen LogP contribution in [0.2, 0.25) is 0 Å². The van der Waals surface area contributed by atoms with Crippen LogP contribution in [0.3, 0.4) is 0 Å². The molecular formula is C9H12F3N3OS. The summed E-state index contributed by atoms with van der Waals surface area (Å²) >= 11 is 1.12. The number of halogens is 3. The van der Waals surface area contributed by atoms with E-state index in [9.17, 15) is 18.0 Å². The molecule has 3 N–H and O–H groups in total. The van der Waals surface area contributed by atoms with Crippen LogP contribution < -0.4 is 11.3 Å². The van der Waals surface area contributed by atoms with Gasteiger partial charge in [0.2, 0.25) is 0 Å². The third kappa shape index (κ3) is 4.72. The Balaban J connectivity index is 2.57. The molecule has 0 saturated carbocycles. The van der Waals surface area contributed by atoms with E-state index >= 15 is 0 Å². The molecule has 0 saturated heterocycles. The molecule has 0 fully saturated rings. The summed E-state index contributed by atoms with van der Waals surface area (Å²) < 4.78 is 36.2. The summed E-state index contributed by atoms with van der Waals surface area (Å²) in [6.07, 6.45) is -4.22. The molecule has 8 heteroatoms. The Kier molecular flexibility index (Phi) is 4.49. The monoisotopic (exact) mass is 267 g/mol. The molecule has 1 aromatic rings. The van der Waals surface area contributed by atoms with Crippen LogP contribution in [0.5, 0.6) is 0 Å². The van der Waals surface area contributed by atoms with E-state index in [0.717, 1.165) is 16.2 Å². The molecule has 17 heavy (non-hydrogen) atoms. The first kappa shape index (κ1) is 13.9. The summed E-state index contributed by atoms with van der Waals surface area (Å²) in [6.45, 7) is -0.842. The van der Waals surface area contributed by atoms with E-state index in [0.29, 0.717) is 9.75 Å². The number of nitrogens with two attached hydrogens (primary N) is 1. The predicted molar refractivity (Wildman–Crippen MR) is 58.4 cm³/mol. The quantitative estimate of drug-likeness (QED) is 0.492. The number of hydrogen-bond acceptors (Lipinski definition) is 4. The van der Waals surface area contributed by atoms with E-state index in [-0.39, 0.29) is 6.54 Å². The maximum absolute atomic E-state index is 12.1. The third-order valence-corrected chi connectivity index (χ3v) is 2.96. The van der Waals surface area contributed by atoms with E-state index in [4.69, 9.17) is 5.84 Å². The van der Waals surface area contributed by atoms with Crippen LogP contribution in [-0.2, 0) is 6.54 Å². The van der Waals surface area contributed by atoms with Gasteiger partial charge in [-0.1, -0.05) is 0 Å². The highest BCUT2D eigenvalue weighted by Gasteiger charge is 2.29. The van der Waals surface area contributed by atoms with Crippen molar-refractivity contribution in [1.29, 1.82) is 0 Å². The highest BCUT2D eigenvalue weighted by molar-refractivity contribution is 7.14. The van der Waals surface area contributed by atoms with E-state index in [2.05, 4.69) is 0 Å². The molecule has 96 valence electrons. The summed E-state index contributed by atoms with van der Waals surface area (Å²) in [5.74, 6) is 4.50. The second-order valence-corrected chi connectivity index (χ2v) is 4.70. The van der Waals surface area contributed by atoms with Gasteiger partial charge in [-0.2, -0.15) is 13.2 Å². The number of hydrazine groups is 1. The molecule has 0 unspecified atom stereocenters. The van der Waals surface area contributed by atoms with Crippen molar-refractivity contribution < 1.29 is 18.0 Å². The zero-order chi connectivity index (χ0) is 13.1. The standard InChI is InChI=1S/C9H12F3N3OS/c1-15(5-9(10,11)12)4-6-2-3-7(17-6)8(16)14-13/h2-3H,4-5,13H2,1H3,(H,14,16). The summed E-state index contributed by atoms with van der Waals surface area (Å²) in [5.41, 5.74) is 1.96. The molecule has 0 radical (unpaired) electrons. The summed E-state index contributed by atoms with van der Waals surface area (Å²) in [5, 5.41) is 0. The lowest BCUT2D eigenvalue weighted by Gasteiger charge is -2.17. The van der Waals surface area contributed by atoms with Gasteiger partial charge in [-0.15, -0.1) is 11.3 Å². The molecule has 0 aromatic carbocycles. The Bertz CT molecular complexity index is 391. The van der Waals surface area contributed by atoms with Crippen LogP contribution in [0.1, 0.15) is 14.5 Å². The van der Waals surface area contributed by atoms with Gasteiger partial charge in [0.25, 0.3) is 5.91 Å². The molecule has 1 heterocycles. The first-order valence-corrected chi connectivity index (χ1v) is 5.48. The van der Waals surface area contributed by atoms with Gasteiger partial charge in [0, 0.05) is 11.4 Å². The number of hydrogen-bond donors (Lipinski definition) is 2. The fourth-order valence-electron chi connectivity index (χ4n) is 1.28. The van der Waals surface area contributed by atoms with E-state index in [1.807, 2.05) is 5.43 Å². The molecule has 0 spiro atoms. The van der Waals surface area contributed by atoms with Crippen molar-refractivity contribution >= 4 is 17.2 Å². The first-order chi connectivity index (χ1) is 7.81. The van der Waals surface area contributed by atoms with Gasteiger partial charge < -0.3 is 0 Å². The average molecular weight is 267 g/mol. The molecule has 1 aromatic heterocycles. The van der Waals surface area contributed by atoms with Crippen molar-refractivity contribution in [2.75, 3.05) is 13.6 Å². The van der Waals surface area contributed by atoms with Crippen molar-refractivity contribution in [3.63, 3.8) is 0 Å². The van der Waals surface area contributed by atoms with Gasteiger partial charge in [-0.25, -0.2) is 5.84 Å². The minimum absolute atomic E-state index is 0.141. The Morgan fingerprint density at radius 1 is 1.53 bits per heavy atom. The van der Waals surface area contributed by atoms with Gasteiger partial charge in [-0.3, -0.25) is 15.1 Å². The largest absolute Gasteiger partial charge is 0.401 e. The highest BCUT2D eigenvalue weighted by atomic mass is 32.1. The van der Waals surface area contributed by atoms with E-state index in [1.54, 1.807) is 6.07 Å². The maximum Gasteiger partial charge on any atom is 0.401 e. The van der Waals surface area contributed by atoms with Crippen LogP contribution in [0.25, 0.3) is 0 Å². The average Bonchev–Trinajstić information content (AvgIpc) is 2.62. The fourth-order valence-corrected chi connectivity index (χ4v) is 2.28. The number of carbonyl (C=O) groups excluding carboxylic acids is 1. The van der Waals surface area contributed by atoms with Crippen molar-refractivity contribution in [2.45, 2.75) is 12.7 Å². The van der Waals surface area contributed by atoms with Gasteiger partial charge in [0.1, 0.15) is 0 Å². The summed E-state index contributed by atoms with van der Waals surface area (Å²) in [4.78, 5) is 13.3. The number of nitrogen functional groups attached to an aromatic ring is 1. The topological polar surface area (TPSA) is 58.4 Å². The van der Waals surface area contributed by atoms with Crippen LogP contribution in [-0.4, -0.2) is 30.6 Å². The lowest BCUT2D eigenvalue weighted by Crippen LogP contribution is -2.30. The van der Waals surface area contributed by atoms with Crippen molar-refractivity contribution in [2.24, 2.45) is 5.84 Å². The Morgan fingerprint density at radius 2 is 2.18 bits per heavy atom. The number of thiophene rings is 1. The molecule has 0 aliphatic rings. The number of rotatable bonds is 4. The second-order valence-electron chi connectivity index (χ2n) is 3.53. The number of carbonyl (C=O) groups is 1. The molecule has 0 atom stereocenters. The molecule has 4 nitrogen and oxygen atoms in total. The predicted octanol–water partition coefficient (Wildman–Crippen LogP) is 1.35. The Morgan fingerprint density at radius 3 is 2.71 bits per heavy atom. The molecule has 0 aliphatic heterocycles. The third-order valence-electron chi connectivity index (χ3n) is 1.89. The normalized spacial score (nSPS) is 11.9. The van der Waals surface area contributed by atoms with Gasteiger partial charge in [-0.05, 0) is 19.2 Å². The number of nitrogens with zero attached hydrogens (tertiary/aromatic N) is 1. The fraction of sp³-hybridized carbons (Fsp3) is 0.444. The molecule has 1 rings (SSSR count). The van der Waals surface area contributed by atoms with Crippen molar-refractivity contribution in [3.05, 3.63) is 21.9 Å². The molecule has 0 aliphatic carbocycles. The zero-order valence-electron chi connectivity index (χ0n) is 9.04. The van der Waals surface area contributed by atoms with E-state index < -0.39 is 18.6 Å². The van der Waals surface area contributed by atoms with E-state index in [1.165, 1.54) is 13.1 Å². The van der Waals surface area contributed by atoms with Crippen LogP contribution in [0.4, 0.5) is 13.2 Å². The number of amides is 1. The Labute approximate surface area is 100 Å². The minimum atomic E-state index is -4.22. The zero-order valence-corrected chi connectivity index (χ0v) is 9.86. The lowest BCUT2D eigenvalue weighted by molar-refractivity contribution is -0.143. The number of alkyl halides is 3. The SMILES string of the molecule is CN(Cc1ccc(C(=O)NN)s1)CC(F)(F)F. The van der Waals surface area contributed by atoms with Gasteiger partial charge >= 0.3 is 6.18 Å². The summed E-state index contributed by atoms with van der Waals surface area (Å²) in [7, 11) is 1.37. The first-order valence-electron chi connectivity index (χ1n) is 4.67. The Hall–Kier alpha value is -1.12. The van der Waals surface area contributed by atoms with Gasteiger partial charge in [0.05, 0.1) is 11.4 Å².